The molecule has 4 saturated carbocycles. The van der Waals surface area contributed by atoms with E-state index in [0.717, 1.165) is 35.1 Å². The van der Waals surface area contributed by atoms with Gasteiger partial charge in [0.25, 0.3) is 0 Å². The Morgan fingerprint density at radius 3 is 1.85 bits per heavy atom. The predicted octanol–water partition coefficient (Wildman–Crippen LogP) is 5.01. The van der Waals surface area contributed by atoms with Gasteiger partial charge >= 0.3 is 0 Å². The summed E-state index contributed by atoms with van der Waals surface area (Å²) in [6, 6.07) is 0.774. The summed E-state index contributed by atoms with van der Waals surface area (Å²) < 4.78 is 0. The molecule has 0 saturated heterocycles. The summed E-state index contributed by atoms with van der Waals surface area (Å²) in [6.07, 6.45) is 15.0. The molecular weight excluding hydrogens is 242 g/mol. The summed E-state index contributed by atoms with van der Waals surface area (Å²) in [5.74, 6) is 4.24. The van der Waals surface area contributed by atoms with E-state index in [1.54, 1.807) is 38.5 Å². The van der Waals surface area contributed by atoms with Crippen molar-refractivity contribution in [1.82, 2.24) is 5.32 Å². The largest absolute Gasteiger partial charge is 0.317 e. The van der Waals surface area contributed by atoms with Crippen LogP contribution in [0.25, 0.3) is 0 Å². The quantitative estimate of drug-likeness (QED) is 0.690. The Morgan fingerprint density at radius 1 is 0.950 bits per heavy atom. The van der Waals surface area contributed by atoms with E-state index in [2.05, 4.69) is 26.2 Å². The van der Waals surface area contributed by atoms with E-state index in [1.807, 2.05) is 0 Å². The first-order chi connectivity index (χ1) is 9.66. The third-order valence-corrected chi connectivity index (χ3v) is 7.03. The van der Waals surface area contributed by atoms with Crippen molar-refractivity contribution in [2.75, 3.05) is 7.05 Å². The predicted molar refractivity (Wildman–Crippen MR) is 86.8 cm³/mol. The third kappa shape index (κ3) is 2.93. The Kier molecular flexibility index (Phi) is 4.45. The molecule has 1 atom stereocenters. The molecule has 4 rings (SSSR count). The zero-order valence-electron chi connectivity index (χ0n) is 14.0. The van der Waals surface area contributed by atoms with Crippen LogP contribution in [0.4, 0.5) is 0 Å². The maximum absolute atomic E-state index is 3.68. The highest BCUT2D eigenvalue weighted by atomic mass is 14.9. The Hall–Kier alpha value is -0.0400. The highest BCUT2D eigenvalue weighted by Crippen LogP contribution is 2.61. The van der Waals surface area contributed by atoms with Gasteiger partial charge in [0.2, 0.25) is 0 Å². The summed E-state index contributed by atoms with van der Waals surface area (Å²) in [6.45, 7) is 4.73. The molecule has 1 unspecified atom stereocenters. The van der Waals surface area contributed by atoms with Gasteiger partial charge in [0.15, 0.2) is 0 Å². The molecule has 4 aliphatic carbocycles. The first-order valence-electron chi connectivity index (χ1n) is 9.33. The van der Waals surface area contributed by atoms with E-state index >= 15 is 0 Å². The van der Waals surface area contributed by atoms with Crippen molar-refractivity contribution in [3.8, 4) is 0 Å². The van der Waals surface area contributed by atoms with Crippen LogP contribution in [0.3, 0.4) is 0 Å². The van der Waals surface area contributed by atoms with Gasteiger partial charge in [-0.3, -0.25) is 0 Å². The van der Waals surface area contributed by atoms with Crippen molar-refractivity contribution < 1.29 is 0 Å². The van der Waals surface area contributed by atoms with Gasteiger partial charge in [-0.05, 0) is 87.5 Å². The fourth-order valence-electron chi connectivity index (χ4n) is 6.39. The van der Waals surface area contributed by atoms with Crippen molar-refractivity contribution >= 4 is 0 Å². The Balaban J connectivity index is 1.63. The summed E-state index contributed by atoms with van der Waals surface area (Å²) in [7, 11) is 2.20. The lowest BCUT2D eigenvalue weighted by atomic mass is 9.48. The van der Waals surface area contributed by atoms with E-state index in [-0.39, 0.29) is 0 Å². The second-order valence-electron chi connectivity index (χ2n) is 8.53. The molecule has 4 fully saturated rings. The van der Waals surface area contributed by atoms with Gasteiger partial charge in [-0.1, -0.05) is 26.7 Å². The van der Waals surface area contributed by atoms with Gasteiger partial charge in [-0.25, -0.2) is 0 Å². The molecule has 0 amide bonds. The fraction of sp³-hybridized carbons (Fsp3) is 1.00. The second kappa shape index (κ2) is 5.99. The molecule has 0 aliphatic heterocycles. The summed E-state index contributed by atoms with van der Waals surface area (Å²) >= 11 is 0. The van der Waals surface area contributed by atoms with Gasteiger partial charge in [-0.15, -0.1) is 0 Å². The molecule has 0 spiro atoms. The van der Waals surface area contributed by atoms with Crippen LogP contribution in [-0.4, -0.2) is 13.1 Å². The molecule has 1 N–H and O–H groups in total. The van der Waals surface area contributed by atoms with E-state index in [0.29, 0.717) is 0 Å². The van der Waals surface area contributed by atoms with Crippen LogP contribution in [0.1, 0.15) is 78.1 Å². The molecule has 1 heteroatoms. The first kappa shape index (κ1) is 14.9. The normalized spacial score (nSPS) is 40.5. The molecule has 4 aliphatic rings. The molecule has 0 aromatic heterocycles. The van der Waals surface area contributed by atoms with Crippen LogP contribution >= 0.6 is 0 Å². The minimum atomic E-state index is 0.745. The minimum Gasteiger partial charge on any atom is -0.317 e. The second-order valence-corrected chi connectivity index (χ2v) is 8.53. The molecule has 0 radical (unpaired) electrons. The average Bonchev–Trinajstić information content (AvgIpc) is 2.41. The molecule has 0 heterocycles. The molecule has 4 bridgehead atoms. The number of rotatable bonds is 7. The maximum atomic E-state index is 3.68. The Bertz CT molecular complexity index is 282. The minimum absolute atomic E-state index is 0.745. The van der Waals surface area contributed by atoms with Crippen LogP contribution < -0.4 is 5.32 Å². The van der Waals surface area contributed by atoms with Gasteiger partial charge in [0, 0.05) is 6.04 Å². The van der Waals surface area contributed by atoms with Crippen molar-refractivity contribution in [2.45, 2.75) is 84.1 Å². The molecule has 1 nitrogen and oxygen atoms in total. The zero-order valence-corrected chi connectivity index (χ0v) is 14.0. The lowest BCUT2D eigenvalue weighted by Crippen LogP contribution is -2.48. The van der Waals surface area contributed by atoms with E-state index in [4.69, 9.17) is 0 Å². The maximum Gasteiger partial charge on any atom is 0.00719 e. The number of hydrogen-bond donors (Lipinski definition) is 1. The monoisotopic (exact) mass is 277 g/mol. The smallest absolute Gasteiger partial charge is 0.00719 e. The van der Waals surface area contributed by atoms with Crippen LogP contribution in [0, 0.1) is 29.1 Å². The van der Waals surface area contributed by atoms with Gasteiger partial charge in [-0.2, -0.15) is 0 Å². The van der Waals surface area contributed by atoms with Crippen LogP contribution in [0.15, 0.2) is 0 Å². The van der Waals surface area contributed by atoms with E-state index in [9.17, 15) is 0 Å². The van der Waals surface area contributed by atoms with Gasteiger partial charge < -0.3 is 5.32 Å². The lowest BCUT2D eigenvalue weighted by Gasteiger charge is -2.58. The van der Waals surface area contributed by atoms with Crippen molar-refractivity contribution in [3.63, 3.8) is 0 Å². The topological polar surface area (TPSA) is 12.0 Å². The van der Waals surface area contributed by atoms with Crippen molar-refractivity contribution in [2.24, 2.45) is 29.1 Å². The van der Waals surface area contributed by atoms with Crippen LogP contribution in [-0.2, 0) is 0 Å². The van der Waals surface area contributed by atoms with Crippen LogP contribution in [0.5, 0.6) is 0 Å². The molecule has 116 valence electrons. The van der Waals surface area contributed by atoms with E-state index in [1.165, 1.54) is 25.7 Å². The molecule has 0 aromatic carbocycles. The average molecular weight is 277 g/mol. The summed E-state index contributed by atoms with van der Waals surface area (Å²) in [5.41, 5.74) is 0.745. The SMILES string of the molecule is CCC(CC)CC(CC12CC3CC(CC(C3)C1)C2)NC. The summed E-state index contributed by atoms with van der Waals surface area (Å²) in [5, 5.41) is 3.68. The molecular formula is C19H35N. The Labute approximate surface area is 126 Å². The highest BCUT2D eigenvalue weighted by molar-refractivity contribution is 5.02. The Morgan fingerprint density at radius 2 is 1.45 bits per heavy atom. The third-order valence-electron chi connectivity index (χ3n) is 7.03. The van der Waals surface area contributed by atoms with Crippen molar-refractivity contribution in [1.29, 1.82) is 0 Å². The standard InChI is InChI=1S/C19H35N/c1-4-14(5-2)9-18(20-3)13-19-10-15-6-16(11-19)8-17(7-15)12-19/h14-18,20H,4-13H2,1-3H3. The molecule has 20 heavy (non-hydrogen) atoms. The first-order valence-corrected chi connectivity index (χ1v) is 9.33. The van der Waals surface area contributed by atoms with Gasteiger partial charge in [0.05, 0.1) is 0 Å². The molecule has 0 aromatic rings. The van der Waals surface area contributed by atoms with E-state index < -0.39 is 0 Å². The van der Waals surface area contributed by atoms with Crippen LogP contribution in [0.2, 0.25) is 0 Å². The summed E-state index contributed by atoms with van der Waals surface area (Å²) in [4.78, 5) is 0. The number of hydrogen-bond acceptors (Lipinski definition) is 1. The van der Waals surface area contributed by atoms with Crippen molar-refractivity contribution in [3.05, 3.63) is 0 Å². The highest BCUT2D eigenvalue weighted by Gasteiger charge is 2.51. The number of nitrogens with one attached hydrogen (secondary N) is 1. The van der Waals surface area contributed by atoms with Gasteiger partial charge in [0.1, 0.15) is 0 Å². The zero-order chi connectivity index (χ0) is 14.2. The fourth-order valence-corrected chi connectivity index (χ4v) is 6.39. The lowest BCUT2D eigenvalue weighted by molar-refractivity contribution is -0.0627.